The van der Waals surface area contributed by atoms with Crippen LogP contribution in [0.3, 0.4) is 0 Å². The second-order valence-electron chi connectivity index (χ2n) is 4.84. The monoisotopic (exact) mass is 288 g/mol. The van der Waals surface area contributed by atoms with Crippen LogP contribution in [0.1, 0.15) is 35.5 Å². The number of aromatic nitrogens is 3. The molecule has 2 heterocycles. The van der Waals surface area contributed by atoms with E-state index in [0.29, 0.717) is 6.04 Å². The van der Waals surface area contributed by atoms with E-state index in [-0.39, 0.29) is 0 Å². The van der Waals surface area contributed by atoms with Crippen molar-refractivity contribution in [1.29, 1.82) is 0 Å². The Morgan fingerprint density at radius 1 is 1.15 bits per heavy atom. The highest BCUT2D eigenvalue weighted by Gasteiger charge is 2.09. The Bertz CT molecular complexity index is 590. The van der Waals surface area contributed by atoms with E-state index in [1.807, 2.05) is 40.1 Å². The molecule has 106 valence electrons. The normalized spacial score (nSPS) is 12.4. The quantitative estimate of drug-likeness (QED) is 0.875. The standard InChI is InChI=1S/C15H20N4S/c1-9-10(2)18-15(19-11(9)3)20-14-8-13(6-7-17-14)12(4)16-5/h6-8,12,16H,1-5H3. The molecule has 0 amide bonds. The highest BCUT2D eigenvalue weighted by Crippen LogP contribution is 2.26. The summed E-state index contributed by atoms with van der Waals surface area (Å²) < 4.78 is 0. The van der Waals surface area contributed by atoms with Crippen LogP contribution in [0.25, 0.3) is 0 Å². The zero-order valence-electron chi connectivity index (χ0n) is 12.6. The predicted octanol–water partition coefficient (Wildman–Crippen LogP) is 3.23. The van der Waals surface area contributed by atoms with E-state index in [9.17, 15) is 0 Å². The van der Waals surface area contributed by atoms with Gasteiger partial charge in [0.25, 0.3) is 0 Å². The number of hydrogen-bond acceptors (Lipinski definition) is 5. The molecule has 2 rings (SSSR count). The largest absolute Gasteiger partial charge is 0.313 e. The third-order valence-electron chi connectivity index (χ3n) is 3.50. The van der Waals surface area contributed by atoms with Crippen LogP contribution in [0, 0.1) is 20.8 Å². The maximum Gasteiger partial charge on any atom is 0.194 e. The minimum Gasteiger partial charge on any atom is -0.313 e. The van der Waals surface area contributed by atoms with Crippen molar-refractivity contribution in [2.45, 2.75) is 43.9 Å². The van der Waals surface area contributed by atoms with Crippen LogP contribution < -0.4 is 5.32 Å². The fraction of sp³-hybridized carbons (Fsp3) is 0.400. The molecule has 0 aliphatic heterocycles. The van der Waals surface area contributed by atoms with Gasteiger partial charge >= 0.3 is 0 Å². The number of hydrogen-bond donors (Lipinski definition) is 1. The molecule has 0 aliphatic rings. The van der Waals surface area contributed by atoms with Crippen LogP contribution >= 0.6 is 11.8 Å². The second kappa shape index (κ2) is 6.33. The topological polar surface area (TPSA) is 50.7 Å². The molecular weight excluding hydrogens is 268 g/mol. The fourth-order valence-corrected chi connectivity index (χ4v) is 2.66. The lowest BCUT2D eigenvalue weighted by Gasteiger charge is -2.11. The average molecular weight is 288 g/mol. The van der Waals surface area contributed by atoms with Gasteiger partial charge in [0.05, 0.1) is 0 Å². The smallest absolute Gasteiger partial charge is 0.194 e. The van der Waals surface area contributed by atoms with E-state index >= 15 is 0 Å². The Morgan fingerprint density at radius 3 is 2.40 bits per heavy atom. The van der Waals surface area contributed by atoms with Crippen molar-refractivity contribution >= 4 is 11.8 Å². The fourth-order valence-electron chi connectivity index (χ4n) is 1.80. The van der Waals surface area contributed by atoms with Crippen LogP contribution in [0.15, 0.2) is 28.5 Å². The van der Waals surface area contributed by atoms with Crippen molar-refractivity contribution in [3.63, 3.8) is 0 Å². The maximum absolute atomic E-state index is 4.52. The molecule has 0 aliphatic carbocycles. The summed E-state index contributed by atoms with van der Waals surface area (Å²) in [6.45, 7) is 8.20. The lowest BCUT2D eigenvalue weighted by molar-refractivity contribution is 0.649. The van der Waals surface area contributed by atoms with Gasteiger partial charge < -0.3 is 5.32 Å². The zero-order valence-corrected chi connectivity index (χ0v) is 13.4. The minimum absolute atomic E-state index is 0.305. The molecule has 1 atom stereocenters. The molecule has 5 heteroatoms. The number of nitrogens with one attached hydrogen (secondary N) is 1. The van der Waals surface area contributed by atoms with Crippen molar-refractivity contribution in [3.05, 3.63) is 40.8 Å². The molecule has 2 aromatic heterocycles. The molecule has 0 fully saturated rings. The van der Waals surface area contributed by atoms with Gasteiger partial charge in [-0.25, -0.2) is 15.0 Å². The number of nitrogens with zero attached hydrogens (tertiary/aromatic N) is 3. The van der Waals surface area contributed by atoms with Gasteiger partial charge in [-0.2, -0.15) is 0 Å². The van der Waals surface area contributed by atoms with Crippen LogP contribution in [0.2, 0.25) is 0 Å². The van der Waals surface area contributed by atoms with Gasteiger partial charge in [0.1, 0.15) is 5.03 Å². The third-order valence-corrected chi connectivity index (χ3v) is 4.30. The Labute approximate surface area is 124 Å². The summed E-state index contributed by atoms with van der Waals surface area (Å²) in [7, 11) is 1.95. The molecule has 1 unspecified atom stereocenters. The molecular formula is C15H20N4S. The minimum atomic E-state index is 0.305. The summed E-state index contributed by atoms with van der Waals surface area (Å²) in [5.74, 6) is 0. The first-order valence-corrected chi connectivity index (χ1v) is 7.46. The molecule has 0 radical (unpaired) electrons. The molecule has 0 bridgehead atoms. The van der Waals surface area contributed by atoms with E-state index in [4.69, 9.17) is 0 Å². The van der Waals surface area contributed by atoms with E-state index < -0.39 is 0 Å². The van der Waals surface area contributed by atoms with Crippen molar-refractivity contribution < 1.29 is 0 Å². The first-order valence-electron chi connectivity index (χ1n) is 6.64. The van der Waals surface area contributed by atoms with Gasteiger partial charge in [0.15, 0.2) is 5.16 Å². The molecule has 0 saturated carbocycles. The number of rotatable bonds is 4. The third kappa shape index (κ3) is 3.35. The van der Waals surface area contributed by atoms with Crippen molar-refractivity contribution in [1.82, 2.24) is 20.3 Å². The molecule has 0 spiro atoms. The molecule has 4 nitrogen and oxygen atoms in total. The van der Waals surface area contributed by atoms with Gasteiger partial charge in [-0.1, -0.05) is 0 Å². The first kappa shape index (κ1) is 14.9. The van der Waals surface area contributed by atoms with Crippen molar-refractivity contribution in [3.8, 4) is 0 Å². The highest BCUT2D eigenvalue weighted by molar-refractivity contribution is 7.99. The highest BCUT2D eigenvalue weighted by atomic mass is 32.2. The summed E-state index contributed by atoms with van der Waals surface area (Å²) >= 11 is 1.51. The first-order chi connectivity index (χ1) is 9.51. The van der Waals surface area contributed by atoms with E-state index in [1.54, 1.807) is 0 Å². The summed E-state index contributed by atoms with van der Waals surface area (Å²) in [4.78, 5) is 13.4. The van der Waals surface area contributed by atoms with Gasteiger partial charge in [0.2, 0.25) is 0 Å². The number of pyridine rings is 1. The Hall–Kier alpha value is -1.46. The molecule has 1 N–H and O–H groups in total. The molecule has 2 aromatic rings. The van der Waals surface area contributed by atoms with Crippen LogP contribution in [-0.4, -0.2) is 22.0 Å². The molecule has 0 aromatic carbocycles. The average Bonchev–Trinajstić information content (AvgIpc) is 2.44. The summed E-state index contributed by atoms with van der Waals surface area (Å²) in [6, 6.07) is 4.41. The zero-order chi connectivity index (χ0) is 14.7. The molecule has 20 heavy (non-hydrogen) atoms. The summed E-state index contributed by atoms with van der Waals surface area (Å²) in [5, 5.41) is 4.91. The van der Waals surface area contributed by atoms with Crippen LogP contribution in [-0.2, 0) is 0 Å². The van der Waals surface area contributed by atoms with Gasteiger partial charge in [-0.3, -0.25) is 0 Å². The van der Waals surface area contributed by atoms with E-state index in [1.165, 1.54) is 17.3 Å². The lowest BCUT2D eigenvalue weighted by atomic mass is 10.1. The number of aryl methyl sites for hydroxylation is 2. The van der Waals surface area contributed by atoms with E-state index in [2.05, 4.69) is 33.3 Å². The van der Waals surface area contributed by atoms with E-state index in [0.717, 1.165) is 27.1 Å². The summed E-state index contributed by atoms with van der Waals surface area (Å²) in [6.07, 6.45) is 1.83. The van der Waals surface area contributed by atoms with Crippen molar-refractivity contribution in [2.75, 3.05) is 7.05 Å². The van der Waals surface area contributed by atoms with Crippen molar-refractivity contribution in [2.24, 2.45) is 0 Å². The Morgan fingerprint density at radius 2 is 1.80 bits per heavy atom. The predicted molar refractivity (Wildman–Crippen MR) is 82.1 cm³/mol. The second-order valence-corrected chi connectivity index (χ2v) is 5.83. The lowest BCUT2D eigenvalue weighted by Crippen LogP contribution is -2.12. The van der Waals surface area contributed by atoms with Crippen LogP contribution in [0.4, 0.5) is 0 Å². The van der Waals surface area contributed by atoms with Gasteiger partial charge in [-0.15, -0.1) is 0 Å². The Kier molecular flexibility index (Phi) is 4.73. The SMILES string of the molecule is CNC(C)c1ccnc(Sc2nc(C)c(C)c(C)n2)c1. The molecule has 0 saturated heterocycles. The summed E-state index contributed by atoms with van der Waals surface area (Å²) in [5.41, 5.74) is 4.42. The van der Waals surface area contributed by atoms with Gasteiger partial charge in [-0.05, 0) is 69.8 Å². The van der Waals surface area contributed by atoms with Gasteiger partial charge in [0, 0.05) is 23.6 Å². The van der Waals surface area contributed by atoms with Crippen LogP contribution in [0.5, 0.6) is 0 Å². The Balaban J connectivity index is 2.26. The maximum atomic E-state index is 4.52.